The minimum absolute atomic E-state index is 0.0489. The van der Waals surface area contributed by atoms with Crippen molar-refractivity contribution < 1.29 is 18.7 Å². The third kappa shape index (κ3) is 4.74. The van der Waals surface area contributed by atoms with Gasteiger partial charge >= 0.3 is 5.97 Å². The molecule has 0 spiro atoms. The molecule has 128 valence electrons. The second kappa shape index (κ2) is 8.74. The van der Waals surface area contributed by atoms with E-state index in [1.165, 1.54) is 24.3 Å². The molecule has 0 aliphatic heterocycles. The van der Waals surface area contributed by atoms with Gasteiger partial charge in [-0.2, -0.15) is 5.26 Å². The predicted octanol–water partition coefficient (Wildman–Crippen LogP) is 3.89. The van der Waals surface area contributed by atoms with Crippen LogP contribution in [0.15, 0.2) is 54.6 Å². The van der Waals surface area contributed by atoms with Crippen molar-refractivity contribution in [3.05, 3.63) is 71.5 Å². The number of benzene rings is 2. The van der Waals surface area contributed by atoms with Crippen LogP contribution < -0.4 is 0 Å². The van der Waals surface area contributed by atoms with Crippen LogP contribution in [0.3, 0.4) is 0 Å². The first-order valence-corrected chi connectivity index (χ1v) is 7.96. The molecular weight excluding hydrogens is 321 g/mol. The van der Waals surface area contributed by atoms with Crippen LogP contribution in [0, 0.1) is 23.1 Å². The number of nitriles is 1. The van der Waals surface area contributed by atoms with Gasteiger partial charge in [-0.15, -0.1) is 0 Å². The molecule has 2 aromatic carbocycles. The number of carbonyl (C=O) groups excluding carboxylic acids is 2. The van der Waals surface area contributed by atoms with Crippen molar-refractivity contribution >= 4 is 11.8 Å². The zero-order valence-corrected chi connectivity index (χ0v) is 13.8. The molecule has 2 atom stereocenters. The van der Waals surface area contributed by atoms with Crippen LogP contribution >= 0.6 is 0 Å². The molecule has 4 nitrogen and oxygen atoms in total. The van der Waals surface area contributed by atoms with Crippen molar-refractivity contribution in [2.45, 2.75) is 19.3 Å². The fourth-order valence-corrected chi connectivity index (χ4v) is 2.62. The van der Waals surface area contributed by atoms with E-state index >= 15 is 0 Å². The zero-order chi connectivity index (χ0) is 18.2. The number of rotatable bonds is 7. The van der Waals surface area contributed by atoms with Crippen LogP contribution in [0.5, 0.6) is 0 Å². The lowest BCUT2D eigenvalue weighted by Gasteiger charge is -2.21. The number of halogens is 1. The SMILES string of the molecule is CCOC(=O)C(C#N)C(CC(=O)c1ccccc1)c1ccc(F)cc1. The first-order chi connectivity index (χ1) is 12.1. The van der Waals surface area contributed by atoms with E-state index in [1.807, 2.05) is 6.07 Å². The third-order valence-electron chi connectivity index (χ3n) is 3.88. The Kier molecular flexibility index (Phi) is 6.41. The summed E-state index contributed by atoms with van der Waals surface area (Å²) in [6.45, 7) is 1.79. The van der Waals surface area contributed by atoms with Crippen molar-refractivity contribution in [3.8, 4) is 6.07 Å². The number of hydrogen-bond acceptors (Lipinski definition) is 4. The molecule has 0 fully saturated rings. The third-order valence-corrected chi connectivity index (χ3v) is 3.88. The smallest absolute Gasteiger partial charge is 0.323 e. The highest BCUT2D eigenvalue weighted by Gasteiger charge is 2.33. The van der Waals surface area contributed by atoms with Crippen molar-refractivity contribution in [1.82, 2.24) is 0 Å². The molecule has 0 aromatic heterocycles. The fourth-order valence-electron chi connectivity index (χ4n) is 2.62. The lowest BCUT2D eigenvalue weighted by molar-refractivity contribution is -0.146. The number of esters is 1. The van der Waals surface area contributed by atoms with E-state index in [0.717, 1.165) is 0 Å². The average molecular weight is 339 g/mol. The summed E-state index contributed by atoms with van der Waals surface area (Å²) in [5.74, 6) is -3.16. The van der Waals surface area contributed by atoms with E-state index in [-0.39, 0.29) is 18.8 Å². The summed E-state index contributed by atoms with van der Waals surface area (Å²) < 4.78 is 18.2. The fraction of sp³-hybridized carbons (Fsp3) is 0.250. The van der Waals surface area contributed by atoms with Crippen LogP contribution in [0.2, 0.25) is 0 Å². The lowest BCUT2D eigenvalue weighted by atomic mass is 9.82. The van der Waals surface area contributed by atoms with Crippen LogP contribution in [-0.2, 0) is 9.53 Å². The molecule has 0 amide bonds. The Balaban J connectivity index is 2.34. The van der Waals surface area contributed by atoms with Crippen LogP contribution in [0.1, 0.15) is 35.2 Å². The van der Waals surface area contributed by atoms with Crippen LogP contribution in [-0.4, -0.2) is 18.4 Å². The quantitative estimate of drug-likeness (QED) is 0.567. The molecule has 2 aromatic rings. The largest absolute Gasteiger partial charge is 0.465 e. The molecule has 2 rings (SSSR count). The van der Waals surface area contributed by atoms with E-state index < -0.39 is 23.6 Å². The summed E-state index contributed by atoms with van der Waals surface area (Å²) in [7, 11) is 0. The Hall–Kier alpha value is -3.00. The van der Waals surface area contributed by atoms with Gasteiger partial charge in [0.1, 0.15) is 5.82 Å². The van der Waals surface area contributed by atoms with Gasteiger partial charge in [0.2, 0.25) is 0 Å². The first kappa shape index (κ1) is 18.3. The topological polar surface area (TPSA) is 67.2 Å². The van der Waals surface area contributed by atoms with Crippen LogP contribution in [0.4, 0.5) is 4.39 Å². The number of carbonyl (C=O) groups is 2. The molecule has 0 aliphatic carbocycles. The Bertz CT molecular complexity index is 766. The monoisotopic (exact) mass is 339 g/mol. The van der Waals surface area contributed by atoms with Gasteiger partial charge < -0.3 is 4.74 Å². The molecule has 2 unspecified atom stereocenters. The maximum Gasteiger partial charge on any atom is 0.323 e. The van der Waals surface area contributed by atoms with Gasteiger partial charge in [-0.05, 0) is 24.6 Å². The second-order valence-electron chi connectivity index (χ2n) is 5.51. The summed E-state index contributed by atoms with van der Waals surface area (Å²) in [5.41, 5.74) is 1.04. The van der Waals surface area contributed by atoms with Gasteiger partial charge in [-0.1, -0.05) is 42.5 Å². The van der Waals surface area contributed by atoms with Gasteiger partial charge in [0.15, 0.2) is 11.7 Å². The Morgan fingerprint density at radius 1 is 1.12 bits per heavy atom. The van der Waals surface area contributed by atoms with Crippen LogP contribution in [0.25, 0.3) is 0 Å². The van der Waals surface area contributed by atoms with E-state index in [0.29, 0.717) is 11.1 Å². The average Bonchev–Trinajstić information content (AvgIpc) is 2.63. The Morgan fingerprint density at radius 2 is 1.76 bits per heavy atom. The highest BCUT2D eigenvalue weighted by Crippen LogP contribution is 2.31. The van der Waals surface area contributed by atoms with Gasteiger partial charge in [0.05, 0.1) is 12.7 Å². The Labute approximate surface area is 145 Å². The van der Waals surface area contributed by atoms with Crippen molar-refractivity contribution in [1.29, 1.82) is 5.26 Å². The molecule has 0 radical (unpaired) electrons. The van der Waals surface area contributed by atoms with Gasteiger partial charge in [-0.25, -0.2) is 4.39 Å². The summed E-state index contributed by atoms with van der Waals surface area (Å²) >= 11 is 0. The predicted molar refractivity (Wildman–Crippen MR) is 90.3 cm³/mol. The van der Waals surface area contributed by atoms with Gasteiger partial charge in [0, 0.05) is 17.9 Å². The van der Waals surface area contributed by atoms with Gasteiger partial charge in [0.25, 0.3) is 0 Å². The molecule has 0 aliphatic rings. The number of ether oxygens (including phenoxy) is 1. The Morgan fingerprint density at radius 3 is 2.32 bits per heavy atom. The van der Waals surface area contributed by atoms with Crippen molar-refractivity contribution in [2.75, 3.05) is 6.61 Å². The van der Waals surface area contributed by atoms with E-state index in [1.54, 1.807) is 37.3 Å². The lowest BCUT2D eigenvalue weighted by Crippen LogP contribution is -2.25. The molecule has 25 heavy (non-hydrogen) atoms. The molecule has 0 N–H and O–H groups in total. The number of nitrogens with zero attached hydrogens (tertiary/aromatic N) is 1. The van der Waals surface area contributed by atoms with Gasteiger partial charge in [-0.3, -0.25) is 9.59 Å². The maximum absolute atomic E-state index is 13.2. The second-order valence-corrected chi connectivity index (χ2v) is 5.51. The first-order valence-electron chi connectivity index (χ1n) is 7.96. The minimum atomic E-state index is -1.14. The van der Waals surface area contributed by atoms with E-state index in [9.17, 15) is 19.2 Å². The highest BCUT2D eigenvalue weighted by molar-refractivity contribution is 5.97. The number of Topliss-reactive ketones (excluding diaryl/α,β-unsaturated/α-hetero) is 1. The van der Waals surface area contributed by atoms with E-state index in [4.69, 9.17) is 4.74 Å². The number of ketones is 1. The zero-order valence-electron chi connectivity index (χ0n) is 13.8. The van der Waals surface area contributed by atoms with Crippen molar-refractivity contribution in [2.24, 2.45) is 5.92 Å². The van der Waals surface area contributed by atoms with E-state index in [2.05, 4.69) is 0 Å². The highest BCUT2D eigenvalue weighted by atomic mass is 19.1. The standard InChI is InChI=1S/C20H18FNO3/c1-2-25-20(24)18(13-22)17(14-8-10-16(21)11-9-14)12-19(23)15-6-4-3-5-7-15/h3-11,17-18H,2,12H2,1H3. The molecule has 0 bridgehead atoms. The molecule has 5 heteroatoms. The summed E-state index contributed by atoms with van der Waals surface area (Å²) in [6.07, 6.45) is -0.0489. The summed E-state index contributed by atoms with van der Waals surface area (Å²) in [5, 5.41) is 9.46. The molecular formula is C20H18FNO3. The van der Waals surface area contributed by atoms with Crippen molar-refractivity contribution in [3.63, 3.8) is 0 Å². The summed E-state index contributed by atoms with van der Waals surface area (Å²) in [6, 6.07) is 16.0. The minimum Gasteiger partial charge on any atom is -0.465 e. The maximum atomic E-state index is 13.2. The number of hydrogen-bond donors (Lipinski definition) is 0. The normalized spacial score (nSPS) is 12.7. The molecule has 0 saturated carbocycles. The summed E-state index contributed by atoms with van der Waals surface area (Å²) in [4.78, 5) is 24.7. The molecule has 0 heterocycles. The molecule has 0 saturated heterocycles.